The summed E-state index contributed by atoms with van der Waals surface area (Å²) >= 11 is 0. The van der Waals surface area contributed by atoms with Crippen LogP contribution in [-0.2, 0) is 9.53 Å². The fourth-order valence-electron chi connectivity index (χ4n) is 3.44. The molecule has 126 valence electrons. The summed E-state index contributed by atoms with van der Waals surface area (Å²) in [6.45, 7) is 1.59. The lowest BCUT2D eigenvalue weighted by atomic mass is 9.95. The largest absolute Gasteiger partial charge is 0.391 e. The van der Waals surface area contributed by atoms with Crippen LogP contribution in [0.15, 0.2) is 18.2 Å². The second-order valence-corrected chi connectivity index (χ2v) is 6.38. The molecule has 0 aromatic heterocycles. The molecule has 0 spiro atoms. The number of aliphatic hydroxyl groups excluding tert-OH is 1. The van der Waals surface area contributed by atoms with Crippen LogP contribution in [-0.4, -0.2) is 41.8 Å². The minimum absolute atomic E-state index is 0.0387. The van der Waals surface area contributed by atoms with Gasteiger partial charge >= 0.3 is 0 Å². The summed E-state index contributed by atoms with van der Waals surface area (Å²) in [5.74, 6) is -1.59. The fraction of sp³-hybridized carbons (Fsp3) is 0.588. The van der Waals surface area contributed by atoms with Gasteiger partial charge in [0.25, 0.3) is 0 Å². The fourth-order valence-corrected chi connectivity index (χ4v) is 3.44. The Bertz CT molecular complexity index is 575. The number of hydrogen-bond donors (Lipinski definition) is 1. The van der Waals surface area contributed by atoms with Crippen LogP contribution in [0.4, 0.5) is 8.78 Å². The van der Waals surface area contributed by atoms with Crippen molar-refractivity contribution in [3.63, 3.8) is 0 Å². The molecule has 23 heavy (non-hydrogen) atoms. The average Bonchev–Trinajstić information content (AvgIpc) is 2.93. The first-order valence-electron chi connectivity index (χ1n) is 8.05. The Morgan fingerprint density at radius 2 is 2.00 bits per heavy atom. The van der Waals surface area contributed by atoms with E-state index in [1.54, 1.807) is 4.90 Å². The van der Waals surface area contributed by atoms with Crippen molar-refractivity contribution >= 4 is 5.91 Å². The Hall–Kier alpha value is -1.53. The van der Waals surface area contributed by atoms with E-state index in [9.17, 15) is 18.7 Å². The minimum Gasteiger partial charge on any atom is -0.391 e. The van der Waals surface area contributed by atoms with Gasteiger partial charge in [0.2, 0.25) is 5.91 Å². The van der Waals surface area contributed by atoms with E-state index >= 15 is 0 Å². The number of likely N-dealkylation sites (tertiary alicyclic amines) is 1. The van der Waals surface area contributed by atoms with Gasteiger partial charge in [-0.25, -0.2) is 8.78 Å². The van der Waals surface area contributed by atoms with E-state index in [-0.39, 0.29) is 12.5 Å². The zero-order chi connectivity index (χ0) is 16.4. The maximum atomic E-state index is 13.5. The Morgan fingerprint density at radius 1 is 1.26 bits per heavy atom. The Kier molecular flexibility index (Phi) is 4.92. The van der Waals surface area contributed by atoms with Gasteiger partial charge in [0, 0.05) is 26.2 Å². The summed E-state index contributed by atoms with van der Waals surface area (Å²) in [5.41, 5.74) is 0.528. The number of hydrogen-bond acceptors (Lipinski definition) is 3. The molecule has 1 amide bonds. The zero-order valence-corrected chi connectivity index (χ0v) is 12.9. The monoisotopic (exact) mass is 325 g/mol. The molecule has 2 fully saturated rings. The zero-order valence-electron chi connectivity index (χ0n) is 12.9. The van der Waals surface area contributed by atoms with E-state index in [0.29, 0.717) is 37.5 Å². The van der Waals surface area contributed by atoms with Gasteiger partial charge in [-0.1, -0.05) is 6.07 Å². The van der Waals surface area contributed by atoms with Gasteiger partial charge < -0.3 is 14.7 Å². The predicted octanol–water partition coefficient (Wildman–Crippen LogP) is 2.42. The van der Waals surface area contributed by atoms with Crippen LogP contribution in [0.25, 0.3) is 0 Å². The van der Waals surface area contributed by atoms with Gasteiger partial charge in [0.05, 0.1) is 12.1 Å². The molecule has 2 aliphatic heterocycles. The lowest BCUT2D eigenvalue weighted by Gasteiger charge is -2.28. The highest BCUT2D eigenvalue weighted by Gasteiger charge is 2.36. The van der Waals surface area contributed by atoms with Gasteiger partial charge in [-0.3, -0.25) is 4.79 Å². The van der Waals surface area contributed by atoms with Gasteiger partial charge in [0.15, 0.2) is 11.6 Å². The Morgan fingerprint density at radius 3 is 2.70 bits per heavy atom. The molecule has 4 nitrogen and oxygen atoms in total. The smallest absolute Gasteiger partial charge is 0.223 e. The van der Waals surface area contributed by atoms with Crippen LogP contribution < -0.4 is 0 Å². The number of benzene rings is 1. The number of halogens is 2. The van der Waals surface area contributed by atoms with Crippen molar-refractivity contribution in [1.29, 1.82) is 0 Å². The number of carbonyl (C=O) groups is 1. The van der Waals surface area contributed by atoms with Crippen molar-refractivity contribution in [3.8, 4) is 0 Å². The standard InChI is InChI=1S/C17H21F2NO3/c18-14-2-1-12(8-15(14)19)16-9-13(21)10-20(16)17(22)7-11-3-5-23-6-4-11/h1-2,8,11,13,16,21H,3-7,9-10H2/t13-,16-/m1/s1. The molecule has 2 saturated heterocycles. The van der Waals surface area contributed by atoms with Crippen LogP contribution in [0, 0.1) is 17.6 Å². The molecule has 0 bridgehead atoms. The molecule has 2 aliphatic rings. The lowest BCUT2D eigenvalue weighted by molar-refractivity contribution is -0.134. The number of amides is 1. The average molecular weight is 325 g/mol. The second kappa shape index (κ2) is 6.93. The van der Waals surface area contributed by atoms with Crippen molar-refractivity contribution < 1.29 is 23.4 Å². The van der Waals surface area contributed by atoms with Crippen LogP contribution in [0.5, 0.6) is 0 Å². The normalized spacial score (nSPS) is 25.8. The molecule has 0 unspecified atom stereocenters. The number of β-amino-alcohol motifs (C(OH)–C–C–N with tert-alkyl or cyclic N) is 1. The number of aliphatic hydroxyl groups is 1. The third-order valence-corrected chi connectivity index (χ3v) is 4.73. The molecule has 6 heteroatoms. The van der Waals surface area contributed by atoms with E-state index in [2.05, 4.69) is 0 Å². The molecule has 0 radical (unpaired) electrons. The molecule has 1 N–H and O–H groups in total. The third kappa shape index (κ3) is 3.70. The second-order valence-electron chi connectivity index (χ2n) is 6.38. The van der Waals surface area contributed by atoms with Crippen LogP contribution >= 0.6 is 0 Å². The topological polar surface area (TPSA) is 49.8 Å². The lowest BCUT2D eigenvalue weighted by Crippen LogP contribution is -2.34. The van der Waals surface area contributed by atoms with Crippen LogP contribution in [0.1, 0.15) is 37.3 Å². The molecule has 2 atom stereocenters. The first-order valence-corrected chi connectivity index (χ1v) is 8.05. The van der Waals surface area contributed by atoms with E-state index in [4.69, 9.17) is 4.74 Å². The molecule has 0 aliphatic carbocycles. The maximum Gasteiger partial charge on any atom is 0.223 e. The number of nitrogens with zero attached hydrogens (tertiary/aromatic N) is 1. The molecular formula is C17H21F2NO3. The van der Waals surface area contributed by atoms with Crippen molar-refractivity contribution in [1.82, 2.24) is 4.90 Å². The molecule has 3 rings (SSSR count). The first-order chi connectivity index (χ1) is 11.0. The van der Waals surface area contributed by atoms with Gasteiger partial charge in [-0.15, -0.1) is 0 Å². The molecule has 2 heterocycles. The number of ether oxygens (including phenoxy) is 1. The maximum absolute atomic E-state index is 13.5. The van der Waals surface area contributed by atoms with Crippen molar-refractivity contribution in [2.24, 2.45) is 5.92 Å². The molecular weight excluding hydrogens is 304 g/mol. The SMILES string of the molecule is O=C(CC1CCOCC1)N1C[C@H](O)C[C@@H]1c1ccc(F)c(F)c1. The first kappa shape index (κ1) is 16.3. The quantitative estimate of drug-likeness (QED) is 0.928. The molecule has 1 aromatic carbocycles. The molecule has 0 saturated carbocycles. The van der Waals surface area contributed by atoms with E-state index in [0.717, 1.165) is 25.0 Å². The number of rotatable bonds is 3. The summed E-state index contributed by atoms with van der Waals surface area (Å²) in [5, 5.41) is 9.93. The van der Waals surface area contributed by atoms with Crippen molar-refractivity contribution in [2.45, 2.75) is 37.8 Å². The van der Waals surface area contributed by atoms with Crippen molar-refractivity contribution in [3.05, 3.63) is 35.4 Å². The van der Waals surface area contributed by atoms with E-state index in [1.807, 2.05) is 0 Å². The van der Waals surface area contributed by atoms with Crippen molar-refractivity contribution in [2.75, 3.05) is 19.8 Å². The Balaban J connectivity index is 1.73. The highest BCUT2D eigenvalue weighted by molar-refractivity contribution is 5.77. The summed E-state index contributed by atoms with van der Waals surface area (Å²) in [6, 6.07) is 3.27. The highest BCUT2D eigenvalue weighted by Crippen LogP contribution is 2.34. The van der Waals surface area contributed by atoms with Crippen LogP contribution in [0.3, 0.4) is 0 Å². The summed E-state index contributed by atoms with van der Waals surface area (Å²) in [6.07, 6.45) is 1.85. The van der Waals surface area contributed by atoms with E-state index < -0.39 is 23.8 Å². The van der Waals surface area contributed by atoms with Gasteiger partial charge in [-0.2, -0.15) is 0 Å². The minimum atomic E-state index is -0.930. The van der Waals surface area contributed by atoms with Gasteiger partial charge in [0.1, 0.15) is 0 Å². The third-order valence-electron chi connectivity index (χ3n) is 4.73. The summed E-state index contributed by atoms with van der Waals surface area (Å²) in [4.78, 5) is 14.2. The highest BCUT2D eigenvalue weighted by atomic mass is 19.2. The Labute approximate surface area is 134 Å². The van der Waals surface area contributed by atoms with Gasteiger partial charge in [-0.05, 0) is 42.9 Å². The van der Waals surface area contributed by atoms with Crippen LogP contribution in [0.2, 0.25) is 0 Å². The summed E-state index contributed by atoms with van der Waals surface area (Å²) in [7, 11) is 0. The number of carbonyl (C=O) groups excluding carboxylic acids is 1. The summed E-state index contributed by atoms with van der Waals surface area (Å²) < 4.78 is 31.9. The predicted molar refractivity (Wildman–Crippen MR) is 79.6 cm³/mol. The molecule has 1 aromatic rings. The van der Waals surface area contributed by atoms with E-state index in [1.165, 1.54) is 6.07 Å².